The molecule has 0 bridgehead atoms. The summed E-state index contributed by atoms with van der Waals surface area (Å²) in [6, 6.07) is 17.0. The van der Waals surface area contributed by atoms with Crippen molar-refractivity contribution in [3.63, 3.8) is 0 Å². The van der Waals surface area contributed by atoms with Gasteiger partial charge in [0.25, 0.3) is 0 Å². The number of carboxylic acids is 1. The van der Waals surface area contributed by atoms with Crippen LogP contribution in [0.25, 0.3) is 22.2 Å². The van der Waals surface area contributed by atoms with E-state index in [0.29, 0.717) is 54.9 Å². The van der Waals surface area contributed by atoms with Crippen LogP contribution in [-0.4, -0.2) is 63.7 Å². The van der Waals surface area contributed by atoms with Crippen LogP contribution < -0.4 is 0 Å². The molecule has 172 valence electrons. The third kappa shape index (κ3) is 5.14. The van der Waals surface area contributed by atoms with Crippen molar-refractivity contribution in [3.8, 4) is 11.3 Å². The maximum atomic E-state index is 12.4. The quantitative estimate of drug-likeness (QED) is 0.627. The zero-order valence-electron chi connectivity index (χ0n) is 19.2. The minimum absolute atomic E-state index is 0.286. The second kappa shape index (κ2) is 9.19. The van der Waals surface area contributed by atoms with Gasteiger partial charge >= 0.3 is 12.1 Å². The summed E-state index contributed by atoms with van der Waals surface area (Å²) in [6.45, 7) is 8.30. The minimum atomic E-state index is -0.965. The minimum Gasteiger partial charge on any atom is -0.478 e. The number of carbonyl (C=O) groups excluding carboxylic acids is 1. The first-order valence-corrected chi connectivity index (χ1v) is 11.1. The van der Waals surface area contributed by atoms with Crippen LogP contribution in [0, 0.1) is 0 Å². The lowest BCUT2D eigenvalue weighted by atomic mass is 9.96. The van der Waals surface area contributed by atoms with Gasteiger partial charge in [0.15, 0.2) is 0 Å². The predicted molar refractivity (Wildman–Crippen MR) is 127 cm³/mol. The van der Waals surface area contributed by atoms with E-state index in [9.17, 15) is 14.7 Å². The van der Waals surface area contributed by atoms with Crippen molar-refractivity contribution in [2.24, 2.45) is 0 Å². The lowest BCUT2D eigenvalue weighted by Gasteiger charge is -2.36. The molecule has 2 heterocycles. The molecule has 1 N–H and O–H groups in total. The Morgan fingerprint density at radius 2 is 1.61 bits per heavy atom. The number of pyridine rings is 1. The summed E-state index contributed by atoms with van der Waals surface area (Å²) in [5, 5.41) is 10.8. The average Bonchev–Trinajstić information content (AvgIpc) is 2.78. The standard InChI is InChI=1S/C26H29N3O4/c1-26(2,3)33-25(32)29-15-13-28(14-16-29)17-20-22(24(30)31)19-11-7-8-12-21(19)27-23(20)18-9-5-4-6-10-18/h4-12H,13-17H2,1-3H3,(H,30,31). The highest BCUT2D eigenvalue weighted by Gasteiger charge is 2.28. The van der Waals surface area contributed by atoms with Crippen molar-refractivity contribution in [1.82, 2.24) is 14.8 Å². The van der Waals surface area contributed by atoms with E-state index in [0.717, 1.165) is 5.56 Å². The Morgan fingerprint density at radius 3 is 2.24 bits per heavy atom. The largest absolute Gasteiger partial charge is 0.478 e. The van der Waals surface area contributed by atoms with E-state index in [1.807, 2.05) is 75.4 Å². The highest BCUT2D eigenvalue weighted by Crippen LogP contribution is 2.31. The van der Waals surface area contributed by atoms with Crippen LogP contribution in [0.2, 0.25) is 0 Å². The van der Waals surface area contributed by atoms with Crippen LogP contribution in [0.3, 0.4) is 0 Å². The highest BCUT2D eigenvalue weighted by atomic mass is 16.6. The molecule has 1 saturated heterocycles. The van der Waals surface area contributed by atoms with E-state index in [2.05, 4.69) is 4.90 Å². The van der Waals surface area contributed by atoms with Gasteiger partial charge < -0.3 is 14.7 Å². The summed E-state index contributed by atoms with van der Waals surface area (Å²) in [5.41, 5.74) is 2.67. The molecule has 2 aromatic carbocycles. The summed E-state index contributed by atoms with van der Waals surface area (Å²) in [6.07, 6.45) is -0.314. The Balaban J connectivity index is 1.66. The van der Waals surface area contributed by atoms with Gasteiger partial charge in [0.2, 0.25) is 0 Å². The number of hydrogen-bond donors (Lipinski definition) is 1. The fourth-order valence-corrected chi connectivity index (χ4v) is 4.12. The smallest absolute Gasteiger partial charge is 0.410 e. The maximum Gasteiger partial charge on any atom is 0.410 e. The van der Waals surface area contributed by atoms with Crippen LogP contribution in [-0.2, 0) is 11.3 Å². The van der Waals surface area contributed by atoms with Crippen LogP contribution in [0.5, 0.6) is 0 Å². The molecule has 1 aromatic heterocycles. The van der Waals surface area contributed by atoms with Crippen LogP contribution in [0.4, 0.5) is 4.79 Å². The van der Waals surface area contributed by atoms with Gasteiger partial charge in [0.05, 0.1) is 16.8 Å². The van der Waals surface area contributed by atoms with Crippen molar-refractivity contribution in [1.29, 1.82) is 0 Å². The first-order chi connectivity index (χ1) is 15.7. The van der Waals surface area contributed by atoms with Gasteiger partial charge in [-0.1, -0.05) is 48.5 Å². The second-order valence-corrected chi connectivity index (χ2v) is 9.25. The molecule has 7 nitrogen and oxygen atoms in total. The van der Waals surface area contributed by atoms with E-state index in [4.69, 9.17) is 9.72 Å². The van der Waals surface area contributed by atoms with Crippen LogP contribution >= 0.6 is 0 Å². The molecular formula is C26H29N3O4. The molecular weight excluding hydrogens is 418 g/mol. The van der Waals surface area contributed by atoms with Gasteiger partial charge in [-0.15, -0.1) is 0 Å². The van der Waals surface area contributed by atoms with Crippen molar-refractivity contribution in [3.05, 3.63) is 65.7 Å². The first-order valence-electron chi connectivity index (χ1n) is 11.1. The number of piperazine rings is 1. The summed E-state index contributed by atoms with van der Waals surface area (Å²) >= 11 is 0. The molecule has 0 spiro atoms. The van der Waals surface area contributed by atoms with E-state index in [1.165, 1.54) is 0 Å². The van der Waals surface area contributed by atoms with E-state index in [-0.39, 0.29) is 11.7 Å². The molecule has 1 aliphatic heterocycles. The number of amides is 1. The fraction of sp³-hybridized carbons (Fsp3) is 0.346. The van der Waals surface area contributed by atoms with Crippen LogP contribution in [0.15, 0.2) is 54.6 Å². The Kier molecular flexibility index (Phi) is 6.33. The van der Waals surface area contributed by atoms with E-state index in [1.54, 1.807) is 4.90 Å². The first kappa shape index (κ1) is 22.7. The number of carbonyl (C=O) groups is 2. The third-order valence-electron chi connectivity index (χ3n) is 5.66. The van der Waals surface area contributed by atoms with Crippen LogP contribution in [0.1, 0.15) is 36.7 Å². The number of hydrogen-bond acceptors (Lipinski definition) is 5. The molecule has 1 aliphatic rings. The highest BCUT2D eigenvalue weighted by molar-refractivity contribution is 6.05. The zero-order valence-corrected chi connectivity index (χ0v) is 19.2. The van der Waals surface area contributed by atoms with Gasteiger partial charge in [0, 0.05) is 49.2 Å². The topological polar surface area (TPSA) is 83.0 Å². The third-order valence-corrected chi connectivity index (χ3v) is 5.66. The number of rotatable bonds is 4. The maximum absolute atomic E-state index is 12.4. The van der Waals surface area contributed by atoms with Crippen molar-refractivity contribution in [2.75, 3.05) is 26.2 Å². The number of carboxylic acid groups (broad SMARTS) is 1. The normalized spacial score (nSPS) is 14.9. The number of nitrogens with zero attached hydrogens (tertiary/aromatic N) is 3. The molecule has 0 radical (unpaired) electrons. The Bertz CT molecular complexity index is 1160. The molecule has 1 fully saturated rings. The predicted octanol–water partition coefficient (Wildman–Crippen LogP) is 4.65. The van der Waals surface area contributed by atoms with Gasteiger partial charge in [-0.2, -0.15) is 0 Å². The van der Waals surface area contributed by atoms with Gasteiger partial charge in [-0.05, 0) is 26.8 Å². The molecule has 0 aliphatic carbocycles. The number of benzene rings is 2. The molecule has 33 heavy (non-hydrogen) atoms. The summed E-state index contributed by atoms with van der Waals surface area (Å²) in [4.78, 5) is 33.6. The summed E-state index contributed by atoms with van der Waals surface area (Å²) < 4.78 is 5.49. The van der Waals surface area contributed by atoms with Gasteiger partial charge in [0.1, 0.15) is 5.60 Å². The van der Waals surface area contributed by atoms with Gasteiger partial charge in [-0.3, -0.25) is 4.90 Å². The van der Waals surface area contributed by atoms with Crippen molar-refractivity contribution >= 4 is 23.0 Å². The molecule has 0 unspecified atom stereocenters. The molecule has 3 aromatic rings. The van der Waals surface area contributed by atoms with Crippen molar-refractivity contribution < 1.29 is 19.4 Å². The number of ether oxygens (including phenoxy) is 1. The zero-order chi connectivity index (χ0) is 23.6. The summed E-state index contributed by atoms with van der Waals surface area (Å²) in [5.74, 6) is -0.965. The number of fused-ring (bicyclic) bond motifs is 1. The average molecular weight is 448 g/mol. The molecule has 1 amide bonds. The molecule has 0 atom stereocenters. The molecule has 0 saturated carbocycles. The van der Waals surface area contributed by atoms with Crippen molar-refractivity contribution in [2.45, 2.75) is 32.9 Å². The second-order valence-electron chi connectivity index (χ2n) is 9.25. The van der Waals surface area contributed by atoms with E-state index < -0.39 is 11.6 Å². The number of para-hydroxylation sites is 1. The Morgan fingerprint density at radius 1 is 0.970 bits per heavy atom. The Labute approximate surface area is 193 Å². The van der Waals surface area contributed by atoms with E-state index >= 15 is 0 Å². The molecule has 4 rings (SSSR count). The number of aromatic nitrogens is 1. The number of aromatic carboxylic acids is 1. The fourth-order valence-electron chi connectivity index (χ4n) is 4.12. The molecule has 7 heteroatoms. The lowest BCUT2D eigenvalue weighted by Crippen LogP contribution is -2.49. The Hall–Kier alpha value is -3.45. The summed E-state index contributed by atoms with van der Waals surface area (Å²) in [7, 11) is 0. The van der Waals surface area contributed by atoms with Gasteiger partial charge in [-0.25, -0.2) is 14.6 Å². The SMILES string of the molecule is CC(C)(C)OC(=O)N1CCN(Cc2c(-c3ccccc3)nc3ccccc3c2C(=O)O)CC1. The lowest BCUT2D eigenvalue weighted by molar-refractivity contribution is 0.0139. The monoisotopic (exact) mass is 447 g/mol.